The second-order valence-electron chi connectivity index (χ2n) is 4.06. The average Bonchev–Trinajstić information content (AvgIpc) is 2.95. The summed E-state index contributed by atoms with van der Waals surface area (Å²) >= 11 is 1.45. The molecule has 0 unspecified atom stereocenters. The van der Waals surface area contributed by atoms with Crippen molar-refractivity contribution in [3.8, 4) is 0 Å². The van der Waals surface area contributed by atoms with E-state index in [0.29, 0.717) is 16.4 Å². The molecule has 0 aromatic carbocycles. The number of hydrogen-bond donors (Lipinski definition) is 2. The van der Waals surface area contributed by atoms with Crippen LogP contribution < -0.4 is 5.69 Å². The van der Waals surface area contributed by atoms with E-state index in [1.807, 2.05) is 13.8 Å². The molecule has 0 amide bonds. The summed E-state index contributed by atoms with van der Waals surface area (Å²) in [6.45, 7) is 3.76. The van der Waals surface area contributed by atoms with Crippen molar-refractivity contribution < 1.29 is 4.52 Å². The van der Waals surface area contributed by atoms with Gasteiger partial charge in [0.05, 0.1) is 12.0 Å². The molecule has 98 valence electrons. The first-order valence-corrected chi connectivity index (χ1v) is 6.61. The van der Waals surface area contributed by atoms with Crippen LogP contribution in [0.25, 0.3) is 11.2 Å². The van der Waals surface area contributed by atoms with Crippen LogP contribution in [0.3, 0.4) is 0 Å². The minimum Gasteiger partial charge on any atom is -0.361 e. The lowest BCUT2D eigenvalue weighted by Gasteiger charge is -2.01. The summed E-state index contributed by atoms with van der Waals surface area (Å²) in [5, 5.41) is 4.52. The van der Waals surface area contributed by atoms with E-state index in [2.05, 4.69) is 25.1 Å². The lowest BCUT2D eigenvalue weighted by Crippen LogP contribution is -2.11. The Labute approximate surface area is 111 Å². The van der Waals surface area contributed by atoms with Crippen molar-refractivity contribution in [1.29, 1.82) is 0 Å². The molecule has 8 heteroatoms. The molecule has 0 fully saturated rings. The molecule has 0 saturated heterocycles. The van der Waals surface area contributed by atoms with Crippen molar-refractivity contribution in [3.63, 3.8) is 0 Å². The first kappa shape index (κ1) is 12.0. The molecule has 0 aliphatic carbocycles. The fourth-order valence-electron chi connectivity index (χ4n) is 1.78. The summed E-state index contributed by atoms with van der Waals surface area (Å²) in [6.07, 6.45) is 1.53. The molecule has 19 heavy (non-hydrogen) atoms. The largest absolute Gasteiger partial charge is 0.361 e. The van der Waals surface area contributed by atoms with Crippen LogP contribution in [0.1, 0.15) is 17.0 Å². The third kappa shape index (κ3) is 2.14. The zero-order chi connectivity index (χ0) is 13.4. The highest BCUT2D eigenvalue weighted by molar-refractivity contribution is 7.98. The molecule has 0 atom stereocenters. The van der Waals surface area contributed by atoms with E-state index in [1.54, 1.807) is 0 Å². The number of H-pyrrole nitrogens is 2. The van der Waals surface area contributed by atoms with E-state index >= 15 is 0 Å². The van der Waals surface area contributed by atoms with Crippen molar-refractivity contribution in [2.75, 3.05) is 0 Å². The van der Waals surface area contributed by atoms with Crippen LogP contribution in [-0.4, -0.2) is 25.1 Å². The Hall–Kier alpha value is -2.09. The van der Waals surface area contributed by atoms with E-state index < -0.39 is 5.69 Å². The Balaban J connectivity index is 1.94. The van der Waals surface area contributed by atoms with Crippen LogP contribution >= 0.6 is 11.8 Å². The van der Waals surface area contributed by atoms with Crippen LogP contribution in [-0.2, 0) is 5.75 Å². The zero-order valence-electron chi connectivity index (χ0n) is 10.4. The maximum atomic E-state index is 11.4. The molecule has 0 aliphatic rings. The number of nitrogens with zero attached hydrogens (tertiary/aromatic N) is 3. The SMILES string of the molecule is Cc1noc(C)c1CSc1nc(=O)[nH]c2nc[nH]c12. The first-order chi connectivity index (χ1) is 9.15. The molecule has 0 spiro atoms. The van der Waals surface area contributed by atoms with Crippen molar-refractivity contribution in [1.82, 2.24) is 25.1 Å². The van der Waals surface area contributed by atoms with Gasteiger partial charge in [0.25, 0.3) is 0 Å². The fraction of sp³-hybridized carbons (Fsp3) is 0.273. The molecule has 3 aromatic heterocycles. The molecule has 0 bridgehead atoms. The van der Waals surface area contributed by atoms with Crippen LogP contribution in [0, 0.1) is 13.8 Å². The highest BCUT2D eigenvalue weighted by atomic mass is 32.2. The monoisotopic (exact) mass is 277 g/mol. The highest BCUT2D eigenvalue weighted by Crippen LogP contribution is 2.27. The minimum absolute atomic E-state index is 0.402. The van der Waals surface area contributed by atoms with Gasteiger partial charge in [0, 0.05) is 11.3 Å². The van der Waals surface area contributed by atoms with E-state index in [4.69, 9.17) is 4.52 Å². The van der Waals surface area contributed by atoms with E-state index in [9.17, 15) is 4.79 Å². The standard InChI is InChI=1S/C11H11N5O2S/c1-5-7(6(2)18-16-5)3-19-10-8-9(13-4-12-8)14-11(17)15-10/h4H,3H2,1-2H3,(H2,12,13,14,15,17). The molecule has 3 aromatic rings. The predicted molar refractivity (Wildman–Crippen MR) is 70.0 cm³/mol. The first-order valence-electron chi connectivity index (χ1n) is 5.63. The molecule has 3 heterocycles. The Kier molecular flexibility index (Phi) is 2.86. The zero-order valence-corrected chi connectivity index (χ0v) is 11.2. The molecule has 7 nitrogen and oxygen atoms in total. The molecule has 2 N–H and O–H groups in total. The highest BCUT2D eigenvalue weighted by Gasteiger charge is 2.12. The van der Waals surface area contributed by atoms with Gasteiger partial charge in [-0.3, -0.25) is 4.98 Å². The summed E-state index contributed by atoms with van der Waals surface area (Å²) < 4.78 is 5.11. The third-order valence-electron chi connectivity index (χ3n) is 2.82. The molecular formula is C11H11N5O2S. The van der Waals surface area contributed by atoms with Crippen molar-refractivity contribution in [2.45, 2.75) is 24.6 Å². The summed E-state index contributed by atoms with van der Waals surface area (Å²) in [5.74, 6) is 1.43. The van der Waals surface area contributed by atoms with Crippen molar-refractivity contribution in [3.05, 3.63) is 33.8 Å². The summed E-state index contributed by atoms with van der Waals surface area (Å²) in [5.41, 5.74) is 2.73. The van der Waals surface area contributed by atoms with E-state index in [0.717, 1.165) is 22.5 Å². The number of nitrogens with one attached hydrogen (secondary N) is 2. The topological polar surface area (TPSA) is 100 Å². The van der Waals surface area contributed by atoms with Gasteiger partial charge in [-0.2, -0.15) is 4.98 Å². The predicted octanol–water partition coefficient (Wildman–Crippen LogP) is 1.54. The summed E-state index contributed by atoms with van der Waals surface area (Å²) in [6, 6.07) is 0. The second-order valence-corrected chi connectivity index (χ2v) is 5.03. The average molecular weight is 277 g/mol. The Morgan fingerprint density at radius 2 is 2.26 bits per heavy atom. The smallest absolute Gasteiger partial charge is 0.347 e. The van der Waals surface area contributed by atoms with Gasteiger partial charge in [0.15, 0.2) is 5.65 Å². The number of aryl methyl sites for hydroxylation is 2. The van der Waals surface area contributed by atoms with Gasteiger partial charge < -0.3 is 9.51 Å². The summed E-state index contributed by atoms with van der Waals surface area (Å²) in [4.78, 5) is 25.0. The van der Waals surface area contributed by atoms with Gasteiger partial charge >= 0.3 is 5.69 Å². The molecule has 0 saturated carbocycles. The minimum atomic E-state index is -0.402. The van der Waals surface area contributed by atoms with Crippen LogP contribution in [0.2, 0.25) is 0 Å². The van der Waals surface area contributed by atoms with Crippen LogP contribution in [0.4, 0.5) is 0 Å². The van der Waals surface area contributed by atoms with Gasteiger partial charge in [-0.15, -0.1) is 0 Å². The van der Waals surface area contributed by atoms with Gasteiger partial charge in [0.1, 0.15) is 16.3 Å². The van der Waals surface area contributed by atoms with Crippen LogP contribution in [0.15, 0.2) is 20.7 Å². The van der Waals surface area contributed by atoms with E-state index in [1.165, 1.54) is 18.1 Å². The van der Waals surface area contributed by atoms with E-state index in [-0.39, 0.29) is 0 Å². The quantitative estimate of drug-likeness (QED) is 0.556. The number of rotatable bonds is 3. The van der Waals surface area contributed by atoms with Crippen LogP contribution in [0.5, 0.6) is 0 Å². The van der Waals surface area contributed by atoms with Gasteiger partial charge in [-0.25, -0.2) is 9.78 Å². The van der Waals surface area contributed by atoms with Gasteiger partial charge in [-0.05, 0) is 13.8 Å². The maximum Gasteiger partial charge on any atom is 0.347 e. The second kappa shape index (κ2) is 4.54. The lowest BCUT2D eigenvalue weighted by atomic mass is 10.2. The number of hydrogen-bond acceptors (Lipinski definition) is 6. The Morgan fingerprint density at radius 1 is 1.42 bits per heavy atom. The normalized spacial score (nSPS) is 11.3. The Morgan fingerprint density at radius 3 is 3.00 bits per heavy atom. The number of thioether (sulfide) groups is 1. The number of imidazole rings is 1. The number of aromatic amines is 2. The van der Waals surface area contributed by atoms with Crippen molar-refractivity contribution >= 4 is 22.9 Å². The molecule has 0 aliphatic heterocycles. The Bertz CT molecular complexity index is 768. The lowest BCUT2D eigenvalue weighted by molar-refractivity contribution is 0.392. The number of aromatic nitrogens is 5. The molecular weight excluding hydrogens is 266 g/mol. The maximum absolute atomic E-state index is 11.4. The third-order valence-corrected chi connectivity index (χ3v) is 3.82. The molecule has 0 radical (unpaired) electrons. The fourth-order valence-corrected chi connectivity index (χ4v) is 2.92. The number of fused-ring (bicyclic) bond motifs is 1. The summed E-state index contributed by atoms with van der Waals surface area (Å²) in [7, 11) is 0. The van der Waals surface area contributed by atoms with Gasteiger partial charge in [-0.1, -0.05) is 16.9 Å². The molecule has 3 rings (SSSR count). The van der Waals surface area contributed by atoms with Crippen molar-refractivity contribution in [2.24, 2.45) is 0 Å². The van der Waals surface area contributed by atoms with Gasteiger partial charge in [0.2, 0.25) is 0 Å².